The summed E-state index contributed by atoms with van der Waals surface area (Å²) in [6, 6.07) is 11.0. The van der Waals surface area contributed by atoms with Crippen LogP contribution in [-0.2, 0) is 20.5 Å². The Morgan fingerprint density at radius 3 is 2.35 bits per heavy atom. The molecule has 3 fully saturated rings. The number of nitrogens with zero attached hydrogens (tertiary/aromatic N) is 4. The quantitative estimate of drug-likeness (QED) is 0.278. The minimum atomic E-state index is -3.86. The van der Waals surface area contributed by atoms with Crippen LogP contribution in [0.25, 0.3) is 0 Å². The van der Waals surface area contributed by atoms with E-state index in [0.29, 0.717) is 48.9 Å². The molecule has 0 atom stereocenters. The number of ether oxygens (including phenoxy) is 2. The van der Waals surface area contributed by atoms with Gasteiger partial charge in [0, 0.05) is 19.6 Å². The van der Waals surface area contributed by atoms with Crippen molar-refractivity contribution in [2.24, 2.45) is 17.3 Å². The maximum Gasteiger partial charge on any atom is 0.410 e. The third-order valence-electron chi connectivity index (χ3n) is 9.60. The molecular weight excluding hydrogens is 604 g/mol. The summed E-state index contributed by atoms with van der Waals surface area (Å²) in [5.74, 6) is 0.731. The third kappa shape index (κ3) is 9.24. The number of hydrogen-bond acceptors (Lipinski definition) is 9. The van der Waals surface area contributed by atoms with Crippen LogP contribution >= 0.6 is 0 Å². The molecule has 250 valence electrons. The maximum absolute atomic E-state index is 13.4. The highest BCUT2D eigenvalue weighted by molar-refractivity contribution is 7.91. The minimum absolute atomic E-state index is 0.0361. The molecule has 2 aromatic rings. The molecule has 0 bridgehead atoms. The molecule has 1 amide bonds. The van der Waals surface area contributed by atoms with Gasteiger partial charge in [0.15, 0.2) is 11.5 Å². The number of benzene rings is 1. The van der Waals surface area contributed by atoms with Crippen LogP contribution in [0.15, 0.2) is 30.3 Å². The Morgan fingerprint density at radius 2 is 1.74 bits per heavy atom. The molecule has 1 aromatic heterocycles. The van der Waals surface area contributed by atoms with Crippen molar-refractivity contribution in [2.75, 3.05) is 36.3 Å². The lowest BCUT2D eigenvalue weighted by molar-refractivity contribution is 0.0177. The van der Waals surface area contributed by atoms with E-state index in [4.69, 9.17) is 9.47 Å². The van der Waals surface area contributed by atoms with Gasteiger partial charge in [-0.15, -0.1) is 0 Å². The third-order valence-corrected chi connectivity index (χ3v) is 10.8. The molecular formula is C34H48N6O5S. The van der Waals surface area contributed by atoms with Crippen molar-refractivity contribution in [1.82, 2.24) is 14.9 Å². The summed E-state index contributed by atoms with van der Waals surface area (Å²) in [5, 5.41) is 13.1. The first-order valence-electron chi connectivity index (χ1n) is 16.6. The smallest absolute Gasteiger partial charge is 0.410 e. The van der Waals surface area contributed by atoms with Crippen LogP contribution in [0.3, 0.4) is 0 Å². The fourth-order valence-corrected chi connectivity index (χ4v) is 7.96. The molecule has 2 saturated carbocycles. The molecule has 12 heteroatoms. The Kier molecular flexibility index (Phi) is 10.6. The monoisotopic (exact) mass is 652 g/mol. The minimum Gasteiger partial charge on any atom is -0.476 e. The van der Waals surface area contributed by atoms with Gasteiger partial charge in [0.25, 0.3) is 0 Å². The van der Waals surface area contributed by atoms with Gasteiger partial charge in [-0.1, -0.05) is 36.8 Å². The normalized spacial score (nSPS) is 18.8. The van der Waals surface area contributed by atoms with E-state index in [-0.39, 0.29) is 41.7 Å². The number of carbonyl (C=O) groups excluding carboxylic acids is 1. The summed E-state index contributed by atoms with van der Waals surface area (Å²) in [4.78, 5) is 22.9. The zero-order valence-corrected chi connectivity index (χ0v) is 28.2. The van der Waals surface area contributed by atoms with Gasteiger partial charge < -0.3 is 19.7 Å². The van der Waals surface area contributed by atoms with E-state index >= 15 is 0 Å². The van der Waals surface area contributed by atoms with E-state index in [1.807, 2.05) is 32.9 Å². The second-order valence-electron chi connectivity index (χ2n) is 14.3. The highest BCUT2D eigenvalue weighted by atomic mass is 32.2. The van der Waals surface area contributed by atoms with E-state index in [1.165, 1.54) is 32.1 Å². The lowest BCUT2D eigenvalue weighted by Crippen LogP contribution is -2.41. The van der Waals surface area contributed by atoms with Crippen LogP contribution < -0.4 is 14.8 Å². The fourth-order valence-electron chi connectivity index (χ4n) is 6.76. The van der Waals surface area contributed by atoms with Crippen molar-refractivity contribution < 1.29 is 22.7 Å². The van der Waals surface area contributed by atoms with Gasteiger partial charge in [0.05, 0.1) is 12.4 Å². The molecule has 5 rings (SSSR count). The molecule has 46 heavy (non-hydrogen) atoms. The Bertz CT molecular complexity index is 1480. The van der Waals surface area contributed by atoms with Crippen LogP contribution in [0.1, 0.15) is 96.4 Å². The first-order chi connectivity index (χ1) is 21.9. The van der Waals surface area contributed by atoms with Crippen molar-refractivity contribution in [1.29, 1.82) is 5.26 Å². The number of carbonyl (C=O) groups is 1. The number of aromatic nitrogens is 2. The molecule has 1 aliphatic heterocycles. The van der Waals surface area contributed by atoms with Gasteiger partial charge in [-0.3, -0.25) is 4.72 Å². The molecule has 2 heterocycles. The van der Waals surface area contributed by atoms with E-state index in [0.717, 1.165) is 25.7 Å². The number of nitrogens with one attached hydrogen (secondary N) is 2. The van der Waals surface area contributed by atoms with Crippen molar-refractivity contribution in [3.8, 4) is 11.9 Å². The Balaban J connectivity index is 1.26. The number of likely N-dealkylation sites (tertiary alicyclic amines) is 1. The molecule has 0 radical (unpaired) electrons. The molecule has 11 nitrogen and oxygen atoms in total. The summed E-state index contributed by atoms with van der Waals surface area (Å²) >= 11 is 0. The molecule has 2 N–H and O–H groups in total. The topological polar surface area (TPSA) is 147 Å². The first kappa shape index (κ1) is 33.8. The van der Waals surface area contributed by atoms with Crippen LogP contribution in [-0.4, -0.2) is 61.2 Å². The van der Waals surface area contributed by atoms with Crippen molar-refractivity contribution >= 4 is 27.6 Å². The van der Waals surface area contributed by atoms with Crippen molar-refractivity contribution in [3.63, 3.8) is 0 Å². The van der Waals surface area contributed by atoms with Gasteiger partial charge in [0.2, 0.25) is 21.7 Å². The molecule has 1 aromatic carbocycles. The zero-order valence-electron chi connectivity index (χ0n) is 27.4. The van der Waals surface area contributed by atoms with E-state index in [2.05, 4.69) is 20.0 Å². The number of piperidine rings is 1. The molecule has 2 aliphatic carbocycles. The van der Waals surface area contributed by atoms with Crippen LogP contribution in [0, 0.1) is 28.6 Å². The summed E-state index contributed by atoms with van der Waals surface area (Å²) < 4.78 is 41.1. The van der Waals surface area contributed by atoms with Gasteiger partial charge in [-0.2, -0.15) is 15.2 Å². The standard InChI is InChI=1S/C34H48N6O5S/c1-33(2,3)45-32(41)40-19-12-25(13-20-40)14-21-44-31-29(39-46(42,43)24-27-8-5-4-6-9-27)30(37-28(22-35)38-31)36-23-26-10-17-34(18-11-26)15-7-16-34/h4-6,8-9,25-26,39H,7,10-21,23-24H2,1-3H3,(H,36,37,38). The van der Waals surface area contributed by atoms with E-state index in [9.17, 15) is 18.5 Å². The second-order valence-corrected chi connectivity index (χ2v) is 16.0. The molecule has 1 spiro atoms. The highest BCUT2D eigenvalue weighted by Crippen LogP contribution is 2.52. The lowest BCUT2D eigenvalue weighted by atomic mass is 9.59. The summed E-state index contributed by atoms with van der Waals surface area (Å²) in [5.41, 5.74) is 0.780. The maximum atomic E-state index is 13.4. The Labute approximate surface area is 273 Å². The van der Waals surface area contributed by atoms with Crippen LogP contribution in [0.4, 0.5) is 16.3 Å². The molecule has 1 saturated heterocycles. The summed E-state index contributed by atoms with van der Waals surface area (Å²) in [6.45, 7) is 7.68. The average molecular weight is 653 g/mol. The predicted octanol–water partition coefficient (Wildman–Crippen LogP) is 6.48. The highest BCUT2D eigenvalue weighted by Gasteiger charge is 2.40. The average Bonchev–Trinajstić information content (AvgIpc) is 3.00. The summed E-state index contributed by atoms with van der Waals surface area (Å²) in [6.07, 6.45) is 10.7. The first-order valence-corrected chi connectivity index (χ1v) is 18.3. The Morgan fingerprint density at radius 1 is 1.04 bits per heavy atom. The number of sulfonamides is 1. The van der Waals surface area contributed by atoms with Gasteiger partial charge >= 0.3 is 6.09 Å². The van der Waals surface area contributed by atoms with E-state index in [1.54, 1.807) is 29.2 Å². The Hall–Kier alpha value is -3.59. The number of amides is 1. The number of nitriles is 1. The number of hydrogen-bond donors (Lipinski definition) is 2. The molecule has 0 unspecified atom stereocenters. The van der Waals surface area contributed by atoms with Crippen molar-refractivity contribution in [3.05, 3.63) is 41.7 Å². The van der Waals surface area contributed by atoms with Gasteiger partial charge in [-0.25, -0.2) is 13.2 Å². The van der Waals surface area contributed by atoms with E-state index < -0.39 is 15.6 Å². The van der Waals surface area contributed by atoms with Crippen LogP contribution in [0.5, 0.6) is 5.88 Å². The summed E-state index contributed by atoms with van der Waals surface area (Å²) in [7, 11) is -3.86. The van der Waals surface area contributed by atoms with Crippen LogP contribution in [0.2, 0.25) is 0 Å². The largest absolute Gasteiger partial charge is 0.476 e. The zero-order chi connectivity index (χ0) is 32.8. The lowest BCUT2D eigenvalue weighted by Gasteiger charge is -2.47. The second kappa shape index (κ2) is 14.4. The van der Waals surface area contributed by atoms with Gasteiger partial charge in [0.1, 0.15) is 11.7 Å². The predicted molar refractivity (Wildman–Crippen MR) is 177 cm³/mol. The van der Waals surface area contributed by atoms with Gasteiger partial charge in [-0.05, 0) is 101 Å². The SMILES string of the molecule is CC(C)(C)OC(=O)N1CCC(CCOc2nc(C#N)nc(NCC3CCC4(CCC4)CC3)c2NS(=O)(=O)Cc2ccccc2)CC1. The number of anilines is 2. The van der Waals surface area contributed by atoms with Crippen molar-refractivity contribution in [2.45, 2.75) is 96.3 Å². The molecule has 3 aliphatic rings. The number of rotatable bonds is 11. The fraction of sp³-hybridized carbons (Fsp3) is 0.647.